The van der Waals surface area contributed by atoms with Crippen LogP contribution in [0, 0.1) is 5.82 Å². The lowest BCUT2D eigenvalue weighted by atomic mass is 10.3. The van der Waals surface area contributed by atoms with Gasteiger partial charge < -0.3 is 9.51 Å². The molecule has 0 radical (unpaired) electrons. The molecule has 0 spiro atoms. The van der Waals surface area contributed by atoms with Gasteiger partial charge in [-0.15, -0.1) is 0 Å². The number of hydrogen-bond donors (Lipinski definition) is 1. The summed E-state index contributed by atoms with van der Waals surface area (Å²) in [6, 6.07) is 2.52. The maximum Gasteiger partial charge on any atom is 0.309 e. The summed E-state index contributed by atoms with van der Waals surface area (Å²) in [5.41, 5.74) is 0.953. The van der Waals surface area contributed by atoms with E-state index in [9.17, 15) is 9.18 Å². The fraction of sp³-hybridized carbons (Fsp3) is 0.111. The van der Waals surface area contributed by atoms with Gasteiger partial charge >= 0.3 is 5.97 Å². The third-order valence-corrected chi connectivity index (χ3v) is 1.88. The number of aliphatic carboxylic acids is 1. The Balaban J connectivity index is 2.52. The average Bonchev–Trinajstić information content (AvgIpc) is 2.47. The lowest BCUT2D eigenvalue weighted by Gasteiger charge is -1.97. The van der Waals surface area contributed by atoms with Gasteiger partial charge in [0, 0.05) is 18.5 Å². The standard InChI is InChI=1S/C9H7FN2O2/c10-6-1-2-12-7(4-9(13)14)5-11-8(12)3-6/h1-3,5H,4H2,(H,13,14). The molecule has 0 atom stereocenters. The van der Waals surface area contributed by atoms with Crippen LogP contribution in [-0.2, 0) is 11.2 Å². The Labute approximate surface area is 78.6 Å². The highest BCUT2D eigenvalue weighted by Gasteiger charge is 2.07. The Morgan fingerprint density at radius 1 is 1.64 bits per heavy atom. The van der Waals surface area contributed by atoms with Crippen molar-refractivity contribution in [1.82, 2.24) is 9.38 Å². The summed E-state index contributed by atoms with van der Waals surface area (Å²) in [4.78, 5) is 14.4. The summed E-state index contributed by atoms with van der Waals surface area (Å²) in [5.74, 6) is -1.32. The van der Waals surface area contributed by atoms with Gasteiger partial charge in [-0.1, -0.05) is 0 Å². The molecule has 0 bridgehead atoms. The molecular weight excluding hydrogens is 187 g/mol. The summed E-state index contributed by atoms with van der Waals surface area (Å²) in [6.07, 6.45) is 2.78. The third-order valence-electron chi connectivity index (χ3n) is 1.88. The molecule has 2 aromatic heterocycles. The topological polar surface area (TPSA) is 54.6 Å². The molecular formula is C9H7FN2O2. The van der Waals surface area contributed by atoms with Crippen molar-refractivity contribution >= 4 is 11.6 Å². The van der Waals surface area contributed by atoms with Crippen molar-refractivity contribution < 1.29 is 14.3 Å². The Morgan fingerprint density at radius 2 is 2.43 bits per heavy atom. The van der Waals surface area contributed by atoms with E-state index in [1.54, 1.807) is 4.40 Å². The summed E-state index contributed by atoms with van der Waals surface area (Å²) in [7, 11) is 0. The SMILES string of the molecule is O=C(O)Cc1cnc2cc(F)ccn12. The fourth-order valence-electron chi connectivity index (χ4n) is 1.29. The van der Waals surface area contributed by atoms with Crippen LogP contribution in [0.2, 0.25) is 0 Å². The number of carboxylic acid groups (broad SMARTS) is 1. The zero-order valence-corrected chi connectivity index (χ0v) is 7.14. The number of aromatic nitrogens is 2. The maximum absolute atomic E-state index is 12.7. The van der Waals surface area contributed by atoms with Crippen LogP contribution in [0.15, 0.2) is 24.5 Å². The zero-order chi connectivity index (χ0) is 10.1. The van der Waals surface area contributed by atoms with Gasteiger partial charge in [-0.3, -0.25) is 4.79 Å². The molecule has 0 aliphatic rings. The van der Waals surface area contributed by atoms with Crippen LogP contribution in [0.4, 0.5) is 4.39 Å². The summed E-state index contributed by atoms with van der Waals surface area (Å²) in [6.45, 7) is 0. The number of pyridine rings is 1. The normalized spacial score (nSPS) is 10.6. The molecule has 0 aromatic carbocycles. The Hall–Kier alpha value is -1.91. The van der Waals surface area contributed by atoms with Gasteiger partial charge in [-0.2, -0.15) is 0 Å². The molecule has 2 heterocycles. The van der Waals surface area contributed by atoms with E-state index >= 15 is 0 Å². The lowest BCUT2D eigenvalue weighted by molar-refractivity contribution is -0.136. The molecule has 0 saturated heterocycles. The maximum atomic E-state index is 12.7. The van der Waals surface area contributed by atoms with Gasteiger partial charge in [0.2, 0.25) is 0 Å². The second-order valence-electron chi connectivity index (χ2n) is 2.89. The highest BCUT2D eigenvalue weighted by molar-refractivity contribution is 5.70. The Bertz CT molecular complexity index is 493. The van der Waals surface area contributed by atoms with Crippen molar-refractivity contribution in [2.24, 2.45) is 0 Å². The first-order valence-electron chi connectivity index (χ1n) is 4.00. The molecule has 0 amide bonds. The van der Waals surface area contributed by atoms with E-state index in [-0.39, 0.29) is 12.2 Å². The number of carbonyl (C=O) groups is 1. The van der Waals surface area contributed by atoms with Crippen molar-refractivity contribution in [2.75, 3.05) is 0 Å². The third kappa shape index (κ3) is 1.44. The molecule has 14 heavy (non-hydrogen) atoms. The number of halogens is 1. The average molecular weight is 194 g/mol. The fourth-order valence-corrected chi connectivity index (χ4v) is 1.29. The van der Waals surface area contributed by atoms with Crippen molar-refractivity contribution in [3.63, 3.8) is 0 Å². The van der Waals surface area contributed by atoms with Crippen molar-refractivity contribution in [3.05, 3.63) is 36.0 Å². The molecule has 1 N–H and O–H groups in total. The Morgan fingerprint density at radius 3 is 3.14 bits per heavy atom. The van der Waals surface area contributed by atoms with Gasteiger partial charge in [0.1, 0.15) is 11.5 Å². The smallest absolute Gasteiger partial charge is 0.309 e. The number of hydrogen-bond acceptors (Lipinski definition) is 2. The van der Waals surface area contributed by atoms with E-state index in [4.69, 9.17) is 5.11 Å². The van der Waals surface area contributed by atoms with Crippen LogP contribution in [-0.4, -0.2) is 20.5 Å². The number of nitrogens with zero attached hydrogens (tertiary/aromatic N) is 2. The highest BCUT2D eigenvalue weighted by atomic mass is 19.1. The van der Waals surface area contributed by atoms with Gasteiger partial charge in [0.15, 0.2) is 0 Å². The molecule has 0 unspecified atom stereocenters. The van der Waals surface area contributed by atoms with Crippen molar-refractivity contribution in [2.45, 2.75) is 6.42 Å². The van der Waals surface area contributed by atoms with E-state index in [0.29, 0.717) is 11.3 Å². The van der Waals surface area contributed by atoms with Crippen LogP contribution in [0.5, 0.6) is 0 Å². The number of carboxylic acids is 1. The van der Waals surface area contributed by atoms with Crippen LogP contribution in [0.1, 0.15) is 5.69 Å². The minimum atomic E-state index is -0.934. The molecule has 0 aliphatic heterocycles. The first kappa shape index (κ1) is 8.68. The van der Waals surface area contributed by atoms with Gasteiger partial charge in [0.05, 0.1) is 12.1 Å². The second kappa shape index (κ2) is 3.10. The highest BCUT2D eigenvalue weighted by Crippen LogP contribution is 2.08. The quantitative estimate of drug-likeness (QED) is 0.778. The Kier molecular flexibility index (Phi) is 1.92. The molecule has 72 valence electrons. The van der Waals surface area contributed by atoms with Gasteiger partial charge in [0.25, 0.3) is 0 Å². The second-order valence-corrected chi connectivity index (χ2v) is 2.89. The van der Waals surface area contributed by atoms with E-state index in [1.807, 2.05) is 0 Å². The summed E-state index contributed by atoms with van der Waals surface area (Å²) >= 11 is 0. The molecule has 2 aromatic rings. The van der Waals surface area contributed by atoms with Gasteiger partial charge in [-0.25, -0.2) is 9.37 Å². The monoisotopic (exact) mass is 194 g/mol. The van der Waals surface area contributed by atoms with Crippen LogP contribution < -0.4 is 0 Å². The summed E-state index contributed by atoms with van der Waals surface area (Å²) < 4.78 is 14.3. The van der Waals surface area contributed by atoms with Gasteiger partial charge in [-0.05, 0) is 6.07 Å². The molecule has 5 heteroatoms. The first-order chi connectivity index (χ1) is 6.66. The number of imidazole rings is 1. The first-order valence-corrected chi connectivity index (χ1v) is 4.00. The minimum absolute atomic E-state index is 0.118. The van der Waals surface area contributed by atoms with E-state index in [2.05, 4.69) is 4.98 Å². The predicted molar refractivity (Wildman–Crippen MR) is 46.5 cm³/mol. The molecule has 4 nitrogen and oxygen atoms in total. The predicted octanol–water partition coefficient (Wildman–Crippen LogP) is 1.10. The van der Waals surface area contributed by atoms with E-state index in [1.165, 1.54) is 24.5 Å². The molecule has 2 rings (SSSR count). The largest absolute Gasteiger partial charge is 0.481 e. The zero-order valence-electron chi connectivity index (χ0n) is 7.14. The minimum Gasteiger partial charge on any atom is -0.481 e. The van der Waals surface area contributed by atoms with E-state index < -0.39 is 5.97 Å². The van der Waals surface area contributed by atoms with Crippen LogP contribution in [0.3, 0.4) is 0 Å². The molecule has 0 fully saturated rings. The molecule has 0 saturated carbocycles. The van der Waals surface area contributed by atoms with Crippen LogP contribution >= 0.6 is 0 Å². The van der Waals surface area contributed by atoms with Crippen LogP contribution in [0.25, 0.3) is 5.65 Å². The van der Waals surface area contributed by atoms with Crippen molar-refractivity contribution in [3.8, 4) is 0 Å². The van der Waals surface area contributed by atoms with E-state index in [0.717, 1.165) is 0 Å². The molecule has 0 aliphatic carbocycles. The number of fused-ring (bicyclic) bond motifs is 1. The van der Waals surface area contributed by atoms with Crippen molar-refractivity contribution in [1.29, 1.82) is 0 Å². The number of rotatable bonds is 2. The summed E-state index contributed by atoms with van der Waals surface area (Å²) in [5, 5.41) is 8.58. The lowest BCUT2D eigenvalue weighted by Crippen LogP contribution is -2.02.